The van der Waals surface area contributed by atoms with Crippen LogP contribution in [-0.4, -0.2) is 29.2 Å². The van der Waals surface area contributed by atoms with E-state index >= 15 is 0 Å². The van der Waals surface area contributed by atoms with Gasteiger partial charge in [-0.3, -0.25) is 9.80 Å². The molecule has 1 amide bonds. The summed E-state index contributed by atoms with van der Waals surface area (Å²) >= 11 is 0. The maximum atomic E-state index is 13.2. The van der Waals surface area contributed by atoms with Crippen molar-refractivity contribution >= 4 is 11.6 Å². The van der Waals surface area contributed by atoms with Crippen LogP contribution < -0.4 is 5.32 Å². The van der Waals surface area contributed by atoms with Crippen LogP contribution in [0.5, 0.6) is 0 Å². The molecule has 4 atom stereocenters. The maximum absolute atomic E-state index is 13.2. The number of benzene rings is 1. The summed E-state index contributed by atoms with van der Waals surface area (Å²) in [6.45, 7) is 10.3. The molecule has 1 unspecified atom stereocenters. The van der Waals surface area contributed by atoms with Crippen molar-refractivity contribution in [3.8, 4) is 0 Å². The van der Waals surface area contributed by atoms with Gasteiger partial charge in [0.05, 0.1) is 6.04 Å². The summed E-state index contributed by atoms with van der Waals surface area (Å²) in [7, 11) is 0. The van der Waals surface area contributed by atoms with Gasteiger partial charge in [0.25, 0.3) is 5.91 Å². The minimum absolute atomic E-state index is 0.0505. The van der Waals surface area contributed by atoms with Crippen LogP contribution in [0.3, 0.4) is 0 Å². The normalized spacial score (nSPS) is 33.2. The van der Waals surface area contributed by atoms with Gasteiger partial charge in [-0.15, -0.1) is 0 Å². The molecule has 152 valence electrons. The monoisotopic (exact) mass is 381 g/mol. The predicted molar refractivity (Wildman–Crippen MR) is 114 cm³/mol. The topological polar surface area (TPSA) is 44.7 Å². The highest BCUT2D eigenvalue weighted by molar-refractivity contribution is 6.39. The fourth-order valence-electron chi connectivity index (χ4n) is 5.85. The fourth-order valence-corrected chi connectivity index (χ4v) is 5.85. The van der Waals surface area contributed by atoms with Crippen LogP contribution in [0.1, 0.15) is 77.8 Å². The fraction of sp³-hybridized carbons (Fsp3) is 0.667. The van der Waals surface area contributed by atoms with E-state index in [9.17, 15) is 4.79 Å². The lowest BCUT2D eigenvalue weighted by atomic mass is 9.69. The van der Waals surface area contributed by atoms with Gasteiger partial charge in [0.2, 0.25) is 0 Å². The van der Waals surface area contributed by atoms with Gasteiger partial charge < -0.3 is 5.32 Å². The molecule has 1 aliphatic heterocycles. The Bertz CT molecular complexity index is 756. The third-order valence-electron chi connectivity index (χ3n) is 8.28. The zero-order valence-corrected chi connectivity index (χ0v) is 17.9. The van der Waals surface area contributed by atoms with Gasteiger partial charge in [0.1, 0.15) is 5.71 Å². The highest BCUT2D eigenvalue weighted by Gasteiger charge is 2.61. The smallest absolute Gasteiger partial charge is 0.267 e. The molecule has 2 fully saturated rings. The lowest BCUT2D eigenvalue weighted by Gasteiger charge is -2.39. The summed E-state index contributed by atoms with van der Waals surface area (Å²) < 4.78 is 0. The number of hydrazone groups is 1. The van der Waals surface area contributed by atoms with Crippen LogP contribution in [0, 0.1) is 16.7 Å². The van der Waals surface area contributed by atoms with Crippen LogP contribution in [-0.2, 0) is 4.79 Å². The molecule has 2 bridgehead atoms. The molecule has 28 heavy (non-hydrogen) atoms. The van der Waals surface area contributed by atoms with Crippen LogP contribution in [0.15, 0.2) is 35.4 Å². The first-order valence-electron chi connectivity index (χ1n) is 11.1. The summed E-state index contributed by atoms with van der Waals surface area (Å²) in [5, 5.41) is 10.3. The van der Waals surface area contributed by atoms with Gasteiger partial charge in [-0.25, -0.2) is 0 Å². The molecule has 0 saturated heterocycles. The first kappa shape index (κ1) is 19.5. The highest BCUT2D eigenvalue weighted by atomic mass is 16.2. The van der Waals surface area contributed by atoms with Gasteiger partial charge in [-0.2, -0.15) is 5.10 Å². The van der Waals surface area contributed by atoms with E-state index in [1.807, 2.05) is 6.07 Å². The molecular formula is C24H35N3O. The molecule has 4 rings (SSSR count). The number of hydrogen-bond acceptors (Lipinski definition) is 3. The van der Waals surface area contributed by atoms with Crippen LogP contribution in [0.4, 0.5) is 0 Å². The molecule has 0 radical (unpaired) electrons. The quantitative estimate of drug-likeness (QED) is 0.760. The molecule has 1 heterocycles. The molecular weight excluding hydrogens is 346 g/mol. The van der Waals surface area contributed by atoms with Gasteiger partial charge in [0.15, 0.2) is 0 Å². The number of amides is 1. The van der Waals surface area contributed by atoms with E-state index in [1.165, 1.54) is 18.4 Å². The van der Waals surface area contributed by atoms with Gasteiger partial charge in [-0.1, -0.05) is 64.4 Å². The standard InChI is InChI=1S/C24H35N3O/c1-5-6-14-27-20(17-10-8-7-9-11-17)16-19(26-27)22(28)25-21-15-18-12-13-24(21,4)23(18,2)3/h7-11,18,20-21H,5-6,12-16H2,1-4H3,(H,25,28)/t18-,20?,21-,24-/m0/s1. The van der Waals surface area contributed by atoms with Crippen LogP contribution in [0.25, 0.3) is 0 Å². The first-order valence-corrected chi connectivity index (χ1v) is 11.1. The Kier molecular flexibility index (Phi) is 5.01. The summed E-state index contributed by atoms with van der Waals surface area (Å²) in [5.74, 6) is 0.779. The van der Waals surface area contributed by atoms with E-state index in [0.717, 1.165) is 31.7 Å². The third kappa shape index (κ3) is 3.05. The number of carbonyl (C=O) groups is 1. The average Bonchev–Trinajstić information content (AvgIpc) is 3.27. The molecule has 1 N–H and O–H groups in total. The summed E-state index contributed by atoms with van der Waals surface area (Å²) in [4.78, 5) is 13.2. The molecule has 1 aromatic rings. The minimum atomic E-state index is 0.0505. The largest absolute Gasteiger partial charge is 0.348 e. The van der Waals surface area contributed by atoms with Crippen molar-refractivity contribution in [3.63, 3.8) is 0 Å². The lowest BCUT2D eigenvalue weighted by Crippen LogP contribution is -2.48. The maximum Gasteiger partial charge on any atom is 0.267 e. The zero-order valence-electron chi connectivity index (χ0n) is 17.9. The van der Waals surface area contributed by atoms with Crippen molar-refractivity contribution in [2.75, 3.05) is 6.54 Å². The van der Waals surface area contributed by atoms with Gasteiger partial charge in [-0.05, 0) is 48.0 Å². The highest BCUT2D eigenvalue weighted by Crippen LogP contribution is 2.65. The molecule has 1 aromatic carbocycles. The van der Waals surface area contributed by atoms with Crippen LogP contribution in [0.2, 0.25) is 0 Å². The Hall–Kier alpha value is -1.84. The van der Waals surface area contributed by atoms with Crippen molar-refractivity contribution in [2.45, 2.75) is 78.3 Å². The molecule has 0 aromatic heterocycles. The van der Waals surface area contributed by atoms with E-state index in [0.29, 0.717) is 17.5 Å². The Balaban J connectivity index is 1.48. The van der Waals surface area contributed by atoms with Gasteiger partial charge in [0, 0.05) is 19.0 Å². The minimum Gasteiger partial charge on any atom is -0.348 e. The Morgan fingerprint density at radius 2 is 2.00 bits per heavy atom. The van der Waals surface area contributed by atoms with E-state index < -0.39 is 0 Å². The SMILES string of the molecule is CCCCN1N=C(C(=O)N[C@H]2C[C@@H]3CC[C@]2(C)C3(C)C)CC1c1ccccc1. The van der Waals surface area contributed by atoms with E-state index in [4.69, 9.17) is 5.10 Å². The Morgan fingerprint density at radius 3 is 2.61 bits per heavy atom. The van der Waals surface area contributed by atoms with E-state index in [-0.39, 0.29) is 23.4 Å². The number of carbonyl (C=O) groups excluding carboxylic acids is 1. The average molecular weight is 382 g/mol. The van der Waals surface area contributed by atoms with Crippen molar-refractivity contribution in [3.05, 3.63) is 35.9 Å². The molecule has 2 aliphatic carbocycles. The second-order valence-electron chi connectivity index (χ2n) is 9.83. The Labute approximate surface area is 169 Å². The second kappa shape index (κ2) is 7.20. The molecule has 0 spiro atoms. The van der Waals surface area contributed by atoms with Crippen molar-refractivity contribution in [1.29, 1.82) is 0 Å². The number of unbranched alkanes of at least 4 members (excludes halogenated alkanes) is 1. The van der Waals surface area contributed by atoms with Crippen molar-refractivity contribution < 1.29 is 4.79 Å². The lowest BCUT2D eigenvalue weighted by molar-refractivity contribution is -0.116. The first-order chi connectivity index (χ1) is 13.4. The Morgan fingerprint density at radius 1 is 1.25 bits per heavy atom. The van der Waals surface area contributed by atoms with Crippen molar-refractivity contribution in [2.24, 2.45) is 21.8 Å². The third-order valence-corrected chi connectivity index (χ3v) is 8.28. The number of nitrogens with zero attached hydrogens (tertiary/aromatic N) is 2. The summed E-state index contributed by atoms with van der Waals surface area (Å²) in [6.07, 6.45) is 6.57. The van der Waals surface area contributed by atoms with E-state index in [2.05, 4.69) is 62.3 Å². The summed E-state index contributed by atoms with van der Waals surface area (Å²) in [6, 6.07) is 10.9. The second-order valence-corrected chi connectivity index (χ2v) is 9.83. The molecule has 4 nitrogen and oxygen atoms in total. The molecule has 2 saturated carbocycles. The van der Waals surface area contributed by atoms with Crippen LogP contribution >= 0.6 is 0 Å². The van der Waals surface area contributed by atoms with Gasteiger partial charge >= 0.3 is 0 Å². The molecule has 3 aliphatic rings. The predicted octanol–water partition coefficient (Wildman–Crippen LogP) is 4.92. The number of nitrogens with one attached hydrogen (secondary N) is 1. The zero-order chi connectivity index (χ0) is 19.9. The number of rotatable bonds is 6. The number of fused-ring (bicyclic) bond motifs is 2. The van der Waals surface area contributed by atoms with E-state index in [1.54, 1.807) is 0 Å². The summed E-state index contributed by atoms with van der Waals surface area (Å²) in [5.41, 5.74) is 2.46. The number of hydrogen-bond donors (Lipinski definition) is 1. The van der Waals surface area contributed by atoms with Crippen molar-refractivity contribution in [1.82, 2.24) is 10.3 Å². The molecule has 4 heteroatoms.